The van der Waals surface area contributed by atoms with E-state index in [0.29, 0.717) is 0 Å². The maximum absolute atomic E-state index is 2.64. The molecule has 0 radical (unpaired) electrons. The van der Waals surface area contributed by atoms with Gasteiger partial charge in [0.1, 0.15) is 0 Å². The highest BCUT2D eigenvalue weighted by Gasteiger charge is 2.24. The Kier molecular flexibility index (Phi) is 4.24. The largest absolute Gasteiger partial charge is 0.303 e. The molecule has 1 fully saturated rings. The van der Waals surface area contributed by atoms with Gasteiger partial charge in [-0.3, -0.25) is 0 Å². The third-order valence-electron chi connectivity index (χ3n) is 3.27. The van der Waals surface area contributed by atoms with Gasteiger partial charge in [0, 0.05) is 6.54 Å². The summed E-state index contributed by atoms with van der Waals surface area (Å²) >= 11 is 0. The highest BCUT2D eigenvalue weighted by Crippen LogP contribution is 2.23. The van der Waals surface area contributed by atoms with E-state index in [0.717, 1.165) is 17.8 Å². The molecule has 0 aliphatic carbocycles. The van der Waals surface area contributed by atoms with Crippen LogP contribution >= 0.6 is 0 Å². The fourth-order valence-electron chi connectivity index (χ4n) is 2.05. The van der Waals surface area contributed by atoms with Crippen molar-refractivity contribution < 1.29 is 0 Å². The molecular weight excluding hydrogens is 158 g/mol. The lowest BCUT2D eigenvalue weighted by atomic mass is 9.95. The molecule has 0 aromatic rings. The number of rotatable bonds is 4. The second-order valence-electron chi connectivity index (χ2n) is 5.28. The third kappa shape index (κ3) is 3.68. The molecule has 0 aromatic carbocycles. The van der Waals surface area contributed by atoms with Gasteiger partial charge < -0.3 is 4.90 Å². The van der Waals surface area contributed by atoms with E-state index in [9.17, 15) is 0 Å². The van der Waals surface area contributed by atoms with Crippen LogP contribution in [0.1, 0.15) is 40.5 Å². The Morgan fingerprint density at radius 1 is 1.23 bits per heavy atom. The first-order valence-corrected chi connectivity index (χ1v) is 5.82. The van der Waals surface area contributed by atoms with Crippen LogP contribution in [-0.4, -0.2) is 24.5 Å². The van der Waals surface area contributed by atoms with Crippen LogP contribution in [0.2, 0.25) is 0 Å². The number of likely N-dealkylation sites (tertiary alicyclic amines) is 1. The smallest absolute Gasteiger partial charge is 0.00126 e. The van der Waals surface area contributed by atoms with Gasteiger partial charge in [0.25, 0.3) is 0 Å². The van der Waals surface area contributed by atoms with Crippen LogP contribution in [-0.2, 0) is 0 Å². The maximum atomic E-state index is 2.64. The van der Waals surface area contributed by atoms with E-state index in [1.807, 2.05) is 0 Å². The molecule has 0 unspecified atom stereocenters. The van der Waals surface area contributed by atoms with Crippen molar-refractivity contribution in [2.24, 2.45) is 17.8 Å². The fourth-order valence-corrected chi connectivity index (χ4v) is 2.05. The standard InChI is InChI=1S/C12H25N/c1-10(2)5-7-13-8-6-12(9-13)11(3)4/h10-12H,5-9H2,1-4H3/t12-/m1/s1. The Morgan fingerprint density at radius 2 is 1.92 bits per heavy atom. The molecule has 1 saturated heterocycles. The van der Waals surface area contributed by atoms with Gasteiger partial charge in [-0.15, -0.1) is 0 Å². The molecule has 78 valence electrons. The second kappa shape index (κ2) is 4.99. The predicted octanol–water partition coefficient (Wildman–Crippen LogP) is 3.01. The summed E-state index contributed by atoms with van der Waals surface area (Å²) in [4.78, 5) is 2.64. The van der Waals surface area contributed by atoms with Crippen molar-refractivity contribution >= 4 is 0 Å². The zero-order chi connectivity index (χ0) is 9.84. The van der Waals surface area contributed by atoms with E-state index >= 15 is 0 Å². The molecule has 0 saturated carbocycles. The molecular formula is C12H25N. The summed E-state index contributed by atoms with van der Waals surface area (Å²) in [5, 5.41) is 0. The van der Waals surface area contributed by atoms with Crippen molar-refractivity contribution in [1.82, 2.24) is 4.90 Å². The summed E-state index contributed by atoms with van der Waals surface area (Å²) < 4.78 is 0. The molecule has 1 nitrogen and oxygen atoms in total. The first kappa shape index (κ1) is 11.0. The summed E-state index contributed by atoms with van der Waals surface area (Å²) in [5.41, 5.74) is 0. The van der Waals surface area contributed by atoms with Gasteiger partial charge in [0.15, 0.2) is 0 Å². The van der Waals surface area contributed by atoms with E-state index in [2.05, 4.69) is 32.6 Å². The van der Waals surface area contributed by atoms with E-state index < -0.39 is 0 Å². The monoisotopic (exact) mass is 183 g/mol. The van der Waals surface area contributed by atoms with E-state index in [-0.39, 0.29) is 0 Å². The minimum atomic E-state index is 0.859. The Balaban J connectivity index is 2.17. The van der Waals surface area contributed by atoms with Gasteiger partial charge in [-0.2, -0.15) is 0 Å². The SMILES string of the molecule is CC(C)CCN1CC[C@@H](C(C)C)C1. The lowest BCUT2D eigenvalue weighted by molar-refractivity contribution is 0.286. The molecule has 1 atom stereocenters. The van der Waals surface area contributed by atoms with Crippen LogP contribution in [0.4, 0.5) is 0 Å². The Hall–Kier alpha value is -0.0400. The van der Waals surface area contributed by atoms with Crippen LogP contribution in [0.3, 0.4) is 0 Å². The first-order chi connectivity index (χ1) is 6.09. The predicted molar refractivity (Wildman–Crippen MR) is 58.8 cm³/mol. The van der Waals surface area contributed by atoms with Gasteiger partial charge in [-0.05, 0) is 43.7 Å². The molecule has 1 rings (SSSR count). The molecule has 1 heteroatoms. The van der Waals surface area contributed by atoms with Crippen LogP contribution in [0.15, 0.2) is 0 Å². The Morgan fingerprint density at radius 3 is 2.38 bits per heavy atom. The summed E-state index contributed by atoms with van der Waals surface area (Å²) in [7, 11) is 0. The van der Waals surface area contributed by atoms with Crippen molar-refractivity contribution in [2.45, 2.75) is 40.5 Å². The zero-order valence-corrected chi connectivity index (χ0v) is 9.71. The highest BCUT2D eigenvalue weighted by molar-refractivity contribution is 4.77. The van der Waals surface area contributed by atoms with Gasteiger partial charge in [0.2, 0.25) is 0 Å². The van der Waals surface area contributed by atoms with E-state index in [1.54, 1.807) is 0 Å². The third-order valence-corrected chi connectivity index (χ3v) is 3.27. The van der Waals surface area contributed by atoms with Crippen LogP contribution in [0.25, 0.3) is 0 Å². The van der Waals surface area contributed by atoms with Crippen LogP contribution < -0.4 is 0 Å². The summed E-state index contributed by atoms with van der Waals surface area (Å²) in [6.45, 7) is 13.4. The van der Waals surface area contributed by atoms with E-state index in [1.165, 1.54) is 32.5 Å². The van der Waals surface area contributed by atoms with Crippen molar-refractivity contribution in [3.05, 3.63) is 0 Å². The molecule has 13 heavy (non-hydrogen) atoms. The van der Waals surface area contributed by atoms with Crippen molar-refractivity contribution in [3.8, 4) is 0 Å². The summed E-state index contributed by atoms with van der Waals surface area (Å²) in [5.74, 6) is 2.70. The molecule has 1 aliphatic rings. The van der Waals surface area contributed by atoms with Crippen LogP contribution in [0, 0.1) is 17.8 Å². The minimum Gasteiger partial charge on any atom is -0.303 e. The van der Waals surface area contributed by atoms with Crippen molar-refractivity contribution in [3.63, 3.8) is 0 Å². The zero-order valence-electron chi connectivity index (χ0n) is 9.71. The van der Waals surface area contributed by atoms with Crippen LogP contribution in [0.5, 0.6) is 0 Å². The lowest BCUT2D eigenvalue weighted by Gasteiger charge is -2.18. The van der Waals surface area contributed by atoms with E-state index in [4.69, 9.17) is 0 Å². The summed E-state index contributed by atoms with van der Waals surface area (Å²) in [6, 6.07) is 0. The number of hydrogen-bond donors (Lipinski definition) is 0. The van der Waals surface area contributed by atoms with Crippen molar-refractivity contribution in [1.29, 1.82) is 0 Å². The van der Waals surface area contributed by atoms with Gasteiger partial charge in [-0.1, -0.05) is 27.7 Å². The second-order valence-corrected chi connectivity index (χ2v) is 5.28. The molecule has 0 aromatic heterocycles. The Labute approximate surface area is 83.5 Å². The number of hydrogen-bond acceptors (Lipinski definition) is 1. The lowest BCUT2D eigenvalue weighted by Crippen LogP contribution is -2.24. The topological polar surface area (TPSA) is 3.24 Å². The minimum absolute atomic E-state index is 0.859. The Bertz CT molecular complexity index is 140. The normalized spacial score (nSPS) is 24.9. The fraction of sp³-hybridized carbons (Fsp3) is 1.00. The molecule has 0 amide bonds. The average Bonchev–Trinajstić information content (AvgIpc) is 2.48. The molecule has 1 heterocycles. The van der Waals surface area contributed by atoms with Gasteiger partial charge in [-0.25, -0.2) is 0 Å². The highest BCUT2D eigenvalue weighted by atomic mass is 15.1. The van der Waals surface area contributed by atoms with Crippen molar-refractivity contribution in [2.75, 3.05) is 19.6 Å². The first-order valence-electron chi connectivity index (χ1n) is 5.82. The maximum Gasteiger partial charge on any atom is 0.00126 e. The summed E-state index contributed by atoms with van der Waals surface area (Å²) in [6.07, 6.45) is 2.79. The number of nitrogens with zero attached hydrogens (tertiary/aromatic N) is 1. The molecule has 1 aliphatic heterocycles. The van der Waals surface area contributed by atoms with Gasteiger partial charge >= 0.3 is 0 Å². The van der Waals surface area contributed by atoms with Gasteiger partial charge in [0.05, 0.1) is 0 Å². The molecule has 0 spiro atoms. The molecule has 0 N–H and O–H groups in total. The quantitative estimate of drug-likeness (QED) is 0.647. The average molecular weight is 183 g/mol. The molecule has 0 bridgehead atoms.